The molecular formula is C14H26N2O2S2. The quantitative estimate of drug-likeness (QED) is 0.712. The van der Waals surface area contributed by atoms with Gasteiger partial charge in [-0.25, -0.2) is 8.42 Å². The molecule has 1 heterocycles. The Balaban J connectivity index is 2.90. The maximum atomic E-state index is 12.7. The molecule has 1 aromatic heterocycles. The molecule has 0 radical (unpaired) electrons. The molecule has 4 nitrogen and oxygen atoms in total. The van der Waals surface area contributed by atoms with Crippen LogP contribution in [0.25, 0.3) is 0 Å². The Bertz CT molecular complexity index is 495. The Hall–Kier alpha value is -0.430. The minimum absolute atomic E-state index is 0.0167. The second-order valence-corrected chi connectivity index (χ2v) is 8.46. The van der Waals surface area contributed by atoms with E-state index in [0.717, 1.165) is 30.6 Å². The molecule has 0 aliphatic carbocycles. The Labute approximate surface area is 127 Å². The van der Waals surface area contributed by atoms with Gasteiger partial charge in [0.1, 0.15) is 4.21 Å². The molecule has 20 heavy (non-hydrogen) atoms. The van der Waals surface area contributed by atoms with Crippen molar-refractivity contribution in [2.45, 2.75) is 56.7 Å². The summed E-state index contributed by atoms with van der Waals surface area (Å²) < 4.78 is 27.4. The molecule has 0 spiro atoms. The van der Waals surface area contributed by atoms with Crippen LogP contribution in [-0.2, 0) is 16.4 Å². The standard InChI is InChI=1S/C14H26N2O2S2/c1-4-5-6-11-16(12(2)3)20(17,18)14-8-7-13(19-14)9-10-15/h7-8,12H,4-6,9-11,15H2,1-3H3. The van der Waals surface area contributed by atoms with Crippen molar-refractivity contribution in [2.24, 2.45) is 5.73 Å². The van der Waals surface area contributed by atoms with E-state index in [1.165, 1.54) is 11.3 Å². The van der Waals surface area contributed by atoms with Crippen LogP contribution < -0.4 is 5.73 Å². The van der Waals surface area contributed by atoms with E-state index in [9.17, 15) is 8.42 Å². The van der Waals surface area contributed by atoms with E-state index in [1.807, 2.05) is 19.9 Å². The van der Waals surface area contributed by atoms with Crippen LogP contribution in [0.1, 0.15) is 44.9 Å². The molecule has 6 heteroatoms. The number of nitrogens with two attached hydrogens (primary N) is 1. The maximum absolute atomic E-state index is 12.7. The lowest BCUT2D eigenvalue weighted by atomic mass is 10.2. The summed E-state index contributed by atoms with van der Waals surface area (Å²) in [6.45, 7) is 7.12. The summed E-state index contributed by atoms with van der Waals surface area (Å²) in [6, 6.07) is 3.56. The normalized spacial score (nSPS) is 12.5. The lowest BCUT2D eigenvalue weighted by Gasteiger charge is -2.25. The Morgan fingerprint density at radius 1 is 1.30 bits per heavy atom. The van der Waals surface area contributed by atoms with Crippen LogP contribution in [0.5, 0.6) is 0 Å². The second kappa shape index (κ2) is 8.12. The summed E-state index contributed by atoms with van der Waals surface area (Å²) in [5.41, 5.74) is 5.51. The van der Waals surface area contributed by atoms with Gasteiger partial charge >= 0.3 is 0 Å². The van der Waals surface area contributed by atoms with E-state index in [4.69, 9.17) is 5.73 Å². The van der Waals surface area contributed by atoms with Gasteiger partial charge in [-0.3, -0.25) is 0 Å². The fourth-order valence-corrected chi connectivity index (χ4v) is 5.24. The van der Waals surface area contributed by atoms with Gasteiger partial charge in [-0.05, 0) is 45.4 Å². The van der Waals surface area contributed by atoms with Crippen molar-refractivity contribution in [2.75, 3.05) is 13.1 Å². The van der Waals surface area contributed by atoms with Crippen LogP contribution in [0.3, 0.4) is 0 Å². The average Bonchev–Trinajstić information content (AvgIpc) is 2.83. The number of rotatable bonds is 9. The first kappa shape index (κ1) is 17.6. The van der Waals surface area contributed by atoms with Gasteiger partial charge in [-0.2, -0.15) is 4.31 Å². The lowest BCUT2D eigenvalue weighted by molar-refractivity contribution is 0.346. The van der Waals surface area contributed by atoms with Gasteiger partial charge in [0.15, 0.2) is 0 Å². The summed E-state index contributed by atoms with van der Waals surface area (Å²) >= 11 is 1.34. The molecule has 0 atom stereocenters. The van der Waals surface area contributed by atoms with E-state index >= 15 is 0 Å². The van der Waals surface area contributed by atoms with Crippen LogP contribution in [-0.4, -0.2) is 31.9 Å². The third-order valence-corrected chi connectivity index (χ3v) is 6.84. The zero-order valence-electron chi connectivity index (χ0n) is 12.6. The van der Waals surface area contributed by atoms with E-state index in [2.05, 4.69) is 6.92 Å². The maximum Gasteiger partial charge on any atom is 0.252 e. The van der Waals surface area contributed by atoms with Gasteiger partial charge < -0.3 is 5.73 Å². The molecule has 0 aliphatic rings. The SMILES string of the molecule is CCCCCN(C(C)C)S(=O)(=O)c1ccc(CCN)s1. The van der Waals surface area contributed by atoms with E-state index in [1.54, 1.807) is 10.4 Å². The summed E-state index contributed by atoms with van der Waals surface area (Å²) in [6.07, 6.45) is 3.79. The van der Waals surface area contributed by atoms with Gasteiger partial charge in [0.05, 0.1) is 0 Å². The first-order valence-corrected chi connectivity index (χ1v) is 9.49. The first-order chi connectivity index (χ1) is 9.43. The topological polar surface area (TPSA) is 63.4 Å². The molecule has 0 aliphatic heterocycles. The number of nitrogens with zero attached hydrogens (tertiary/aromatic N) is 1. The zero-order valence-corrected chi connectivity index (χ0v) is 14.3. The Kier molecular flexibility index (Phi) is 7.15. The van der Waals surface area contributed by atoms with Gasteiger partial charge in [-0.15, -0.1) is 11.3 Å². The third-order valence-electron chi connectivity index (χ3n) is 3.15. The monoisotopic (exact) mass is 318 g/mol. The van der Waals surface area contributed by atoms with Gasteiger partial charge in [0.2, 0.25) is 0 Å². The zero-order chi connectivity index (χ0) is 15.2. The highest BCUT2D eigenvalue weighted by molar-refractivity contribution is 7.91. The fourth-order valence-electron chi connectivity index (χ4n) is 2.06. The lowest BCUT2D eigenvalue weighted by Crippen LogP contribution is -2.37. The van der Waals surface area contributed by atoms with Crippen molar-refractivity contribution in [1.82, 2.24) is 4.31 Å². The Morgan fingerprint density at radius 3 is 2.55 bits per heavy atom. The van der Waals surface area contributed by atoms with Crippen LogP contribution >= 0.6 is 11.3 Å². The van der Waals surface area contributed by atoms with Crippen molar-refractivity contribution in [3.63, 3.8) is 0 Å². The minimum atomic E-state index is -3.37. The van der Waals surface area contributed by atoms with E-state index in [0.29, 0.717) is 17.3 Å². The highest BCUT2D eigenvalue weighted by Gasteiger charge is 2.27. The largest absolute Gasteiger partial charge is 0.330 e. The summed E-state index contributed by atoms with van der Waals surface area (Å²) in [7, 11) is -3.37. The number of sulfonamides is 1. The summed E-state index contributed by atoms with van der Waals surface area (Å²) in [4.78, 5) is 1.03. The van der Waals surface area contributed by atoms with E-state index < -0.39 is 10.0 Å². The van der Waals surface area contributed by atoms with Crippen LogP contribution in [0, 0.1) is 0 Å². The first-order valence-electron chi connectivity index (χ1n) is 7.24. The third kappa shape index (κ3) is 4.55. The Morgan fingerprint density at radius 2 is 2.00 bits per heavy atom. The van der Waals surface area contributed by atoms with E-state index in [-0.39, 0.29) is 6.04 Å². The predicted molar refractivity (Wildman–Crippen MR) is 85.6 cm³/mol. The molecule has 0 fully saturated rings. The molecule has 1 aromatic rings. The molecule has 0 saturated heterocycles. The van der Waals surface area contributed by atoms with Gasteiger partial charge in [0.25, 0.3) is 10.0 Å². The van der Waals surface area contributed by atoms with Crippen molar-refractivity contribution in [3.05, 3.63) is 17.0 Å². The molecule has 0 saturated carbocycles. The summed E-state index contributed by atoms with van der Waals surface area (Å²) in [5.74, 6) is 0. The number of unbranched alkanes of at least 4 members (excludes halogenated alkanes) is 2. The molecule has 0 bridgehead atoms. The predicted octanol–water partition coefficient (Wildman–Crippen LogP) is 2.84. The molecule has 0 amide bonds. The number of hydrogen-bond acceptors (Lipinski definition) is 4. The smallest absolute Gasteiger partial charge is 0.252 e. The van der Waals surface area contributed by atoms with Crippen molar-refractivity contribution < 1.29 is 8.42 Å². The second-order valence-electron chi connectivity index (χ2n) is 5.18. The molecule has 0 aromatic carbocycles. The molecule has 1 rings (SSSR count). The highest BCUT2D eigenvalue weighted by atomic mass is 32.2. The molecule has 0 unspecified atom stereocenters. The van der Waals surface area contributed by atoms with Gasteiger partial charge in [0, 0.05) is 17.5 Å². The molecule has 116 valence electrons. The number of hydrogen-bond donors (Lipinski definition) is 1. The van der Waals surface area contributed by atoms with Crippen LogP contribution in [0.15, 0.2) is 16.3 Å². The van der Waals surface area contributed by atoms with Crippen LogP contribution in [0.2, 0.25) is 0 Å². The molecule has 2 N–H and O–H groups in total. The number of thiophene rings is 1. The summed E-state index contributed by atoms with van der Waals surface area (Å²) in [5, 5.41) is 0. The average molecular weight is 319 g/mol. The molecular weight excluding hydrogens is 292 g/mol. The fraction of sp³-hybridized carbons (Fsp3) is 0.714. The van der Waals surface area contributed by atoms with Crippen LogP contribution in [0.4, 0.5) is 0 Å². The van der Waals surface area contributed by atoms with Crippen molar-refractivity contribution in [3.8, 4) is 0 Å². The van der Waals surface area contributed by atoms with Crippen molar-refractivity contribution in [1.29, 1.82) is 0 Å². The van der Waals surface area contributed by atoms with Crippen molar-refractivity contribution >= 4 is 21.4 Å². The highest BCUT2D eigenvalue weighted by Crippen LogP contribution is 2.26. The minimum Gasteiger partial charge on any atom is -0.330 e. The van der Waals surface area contributed by atoms with Gasteiger partial charge in [-0.1, -0.05) is 19.8 Å².